The molecule has 0 aliphatic heterocycles. The topological polar surface area (TPSA) is 170 Å². The summed E-state index contributed by atoms with van der Waals surface area (Å²) in [5.74, 6) is 5.53. The van der Waals surface area contributed by atoms with Gasteiger partial charge in [-0.3, -0.25) is 9.13 Å². The van der Waals surface area contributed by atoms with Gasteiger partial charge in [-0.15, -0.1) is 0 Å². The van der Waals surface area contributed by atoms with Gasteiger partial charge in [0.25, 0.3) is 0 Å². The second-order valence-electron chi connectivity index (χ2n) is 33.5. The molecule has 0 saturated carbocycles. The summed E-state index contributed by atoms with van der Waals surface area (Å²) in [6.07, 6.45) is 0. The van der Waals surface area contributed by atoms with Gasteiger partial charge in [0, 0.05) is 127 Å². The Hall–Kier alpha value is -18.5. The van der Waals surface area contributed by atoms with Crippen molar-refractivity contribution in [3.63, 3.8) is 0 Å². The van der Waals surface area contributed by atoms with Gasteiger partial charge in [0.05, 0.1) is 38.8 Å². The Kier molecular flexibility index (Phi) is 18.2. The fraction of sp³-hybridized carbons (Fsp3) is 0. The molecule has 0 spiro atoms. The molecule has 0 unspecified atom stereocenters. The van der Waals surface area contributed by atoms with E-state index in [0.717, 1.165) is 187 Å². The number of hydrogen-bond donors (Lipinski definition) is 0. The molecule has 0 radical (unpaired) electrons. The molecule has 15 heteroatoms. The average molecular weight is 1720 g/mol. The fourth-order valence-corrected chi connectivity index (χ4v) is 19.2. The first-order chi connectivity index (χ1) is 66.4. The van der Waals surface area contributed by atoms with E-state index in [9.17, 15) is 0 Å². The number of nitrogens with zero attached hydrogens (tertiary/aromatic N) is 12. The second-order valence-corrected chi connectivity index (χ2v) is 33.5. The molecule has 15 nitrogen and oxygen atoms in total. The number of para-hydroxylation sites is 6. The van der Waals surface area contributed by atoms with Gasteiger partial charge >= 0.3 is 0 Å². The van der Waals surface area contributed by atoms with E-state index in [1.54, 1.807) is 0 Å². The van der Waals surface area contributed by atoms with Crippen molar-refractivity contribution in [2.45, 2.75) is 0 Å². The molecular formula is C119H72N12O3. The Morgan fingerprint density at radius 2 is 0.440 bits per heavy atom. The molecule has 28 aromatic rings. The molecule has 19 aromatic carbocycles. The predicted octanol–water partition coefficient (Wildman–Crippen LogP) is 30.2. The SMILES string of the molecule is c1ccc(-c2ccc(-c3nc(-c4ccccc4)nc(-n4c5ccccc5c5cc6c(cc54)oc4ccccc46)n3)cc2)cc1.c1ccc(-c2nc(-c3ccc4ccccc4c3)nc(-n3c4ccccc4c4cc5c(cc43)oc3ccccc35)n2)cc1.c1ccc(-c2nc(-c3ccccc3)nc(-c3ccc(-n4c5ccccc5c5cc6c(cc54)oc4ccccc46)c4ccccc34)n2)cc1. The van der Waals surface area contributed by atoms with E-state index in [4.69, 9.17) is 58.1 Å². The third-order valence-electron chi connectivity index (χ3n) is 25.6. The van der Waals surface area contributed by atoms with Gasteiger partial charge in [-0.05, 0) is 100 Å². The van der Waals surface area contributed by atoms with Crippen molar-refractivity contribution in [1.82, 2.24) is 58.6 Å². The molecule has 0 fully saturated rings. The standard InChI is InChI=1S/C43H26N4O.C39H24N4O.C37H22N4O/c1-3-13-27(14-4-1)41-44-42(28-15-5-2-6-16-28)46-43(45-41)33-23-24-37(30-18-8-7-17-29(30)33)47-36-21-11-9-19-31(36)34-25-35-32-20-10-12-22-39(32)48-40(35)26-38(34)47;1-3-11-25(12-4-1)26-19-21-28(22-20-26)38-40-37(27-13-5-2-6-14-27)41-39(42-38)43-33-17-9-7-15-29(33)31-23-32-30-16-8-10-18-35(30)44-36(32)24-34(31)43;1-2-11-24(12-3-1)35-38-36(26-19-18-23-10-4-5-13-25(23)20-26)40-37(39-35)41-31-16-8-6-14-27(31)29-21-30-28-15-7-9-17-33(28)42-34(30)22-32(29)41/h1-26H;1-24H;1-22H. The summed E-state index contributed by atoms with van der Waals surface area (Å²) in [7, 11) is 0. The lowest BCUT2D eigenvalue weighted by atomic mass is 10.0. The first-order valence-corrected chi connectivity index (χ1v) is 44.6. The van der Waals surface area contributed by atoms with Crippen LogP contribution in [0.3, 0.4) is 0 Å². The van der Waals surface area contributed by atoms with E-state index in [1.165, 1.54) is 21.7 Å². The van der Waals surface area contributed by atoms with Crippen LogP contribution in [0.15, 0.2) is 450 Å². The Morgan fingerprint density at radius 1 is 0.149 bits per heavy atom. The van der Waals surface area contributed by atoms with E-state index >= 15 is 0 Å². The lowest BCUT2D eigenvalue weighted by Crippen LogP contribution is -2.06. The summed E-state index contributed by atoms with van der Waals surface area (Å²) >= 11 is 0. The van der Waals surface area contributed by atoms with Crippen molar-refractivity contribution in [2.75, 3.05) is 0 Å². The molecule has 134 heavy (non-hydrogen) atoms. The Morgan fingerprint density at radius 3 is 0.866 bits per heavy atom. The van der Waals surface area contributed by atoms with E-state index in [0.29, 0.717) is 52.7 Å². The first-order valence-electron chi connectivity index (χ1n) is 44.6. The summed E-state index contributed by atoms with van der Waals surface area (Å²) < 4.78 is 25.6. The average Bonchev–Trinajstić information content (AvgIpc) is 1.56. The molecule has 9 aromatic heterocycles. The monoisotopic (exact) mass is 1720 g/mol. The number of aromatic nitrogens is 12. The molecular weight excluding hydrogens is 1650 g/mol. The van der Waals surface area contributed by atoms with Crippen molar-refractivity contribution >= 4 is 153 Å². The van der Waals surface area contributed by atoms with Gasteiger partial charge in [0.2, 0.25) is 11.9 Å². The zero-order valence-corrected chi connectivity index (χ0v) is 71.7. The minimum atomic E-state index is 0.558. The quantitative estimate of drug-likeness (QED) is 0.120. The summed E-state index contributed by atoms with van der Waals surface area (Å²) in [6.45, 7) is 0. The van der Waals surface area contributed by atoms with Gasteiger partial charge in [0.15, 0.2) is 40.8 Å². The summed E-state index contributed by atoms with van der Waals surface area (Å²) in [6, 6.07) is 150. The Balaban J connectivity index is 0.000000105. The van der Waals surface area contributed by atoms with Crippen molar-refractivity contribution in [3.05, 3.63) is 437 Å². The van der Waals surface area contributed by atoms with Crippen LogP contribution in [0.25, 0.3) is 261 Å². The molecule has 0 saturated heterocycles. The summed E-state index contributed by atoms with van der Waals surface area (Å²) in [5.41, 5.74) is 21.4. The van der Waals surface area contributed by atoms with Crippen LogP contribution in [-0.2, 0) is 0 Å². The normalized spacial score (nSPS) is 11.7. The minimum absolute atomic E-state index is 0.558. The zero-order chi connectivity index (χ0) is 88.3. The maximum atomic E-state index is 6.37. The van der Waals surface area contributed by atoms with Gasteiger partial charge in [-0.2, -0.15) is 19.9 Å². The van der Waals surface area contributed by atoms with Crippen LogP contribution in [0.5, 0.6) is 0 Å². The molecule has 0 amide bonds. The third kappa shape index (κ3) is 13.2. The van der Waals surface area contributed by atoms with Crippen molar-refractivity contribution in [3.8, 4) is 108 Å². The van der Waals surface area contributed by atoms with Crippen molar-refractivity contribution in [1.29, 1.82) is 0 Å². The number of rotatable bonds is 11. The second kappa shape index (κ2) is 31.8. The number of furan rings is 3. The highest BCUT2D eigenvalue weighted by molar-refractivity contribution is 6.21. The Bertz CT molecular complexity index is 9460. The molecule has 0 N–H and O–H groups in total. The van der Waals surface area contributed by atoms with Gasteiger partial charge in [0.1, 0.15) is 33.5 Å². The number of fused-ring (bicyclic) bond motifs is 20. The molecule has 28 rings (SSSR count). The van der Waals surface area contributed by atoms with Gasteiger partial charge in [-0.25, -0.2) is 24.9 Å². The molecule has 9 heterocycles. The lowest BCUT2D eigenvalue weighted by Gasteiger charge is -2.15. The highest BCUT2D eigenvalue weighted by Crippen LogP contribution is 2.45. The van der Waals surface area contributed by atoms with Gasteiger partial charge in [-0.1, -0.05) is 346 Å². The maximum absolute atomic E-state index is 6.37. The summed E-state index contributed by atoms with van der Waals surface area (Å²) in [4.78, 5) is 45.3. The van der Waals surface area contributed by atoms with Crippen LogP contribution in [0, 0.1) is 0 Å². The largest absolute Gasteiger partial charge is 0.456 e. The number of benzene rings is 19. The van der Waals surface area contributed by atoms with Crippen molar-refractivity contribution < 1.29 is 13.3 Å². The summed E-state index contributed by atoms with van der Waals surface area (Å²) in [5, 5.41) is 18.0. The molecule has 0 aliphatic carbocycles. The highest BCUT2D eigenvalue weighted by atomic mass is 16.3. The fourth-order valence-electron chi connectivity index (χ4n) is 19.2. The van der Waals surface area contributed by atoms with Crippen LogP contribution in [0.4, 0.5) is 0 Å². The molecule has 0 bridgehead atoms. The van der Waals surface area contributed by atoms with E-state index in [1.807, 2.05) is 164 Å². The highest BCUT2D eigenvalue weighted by Gasteiger charge is 2.26. The Labute approximate surface area is 764 Å². The minimum Gasteiger partial charge on any atom is -0.456 e. The van der Waals surface area contributed by atoms with Crippen LogP contribution < -0.4 is 0 Å². The third-order valence-corrected chi connectivity index (χ3v) is 25.6. The molecule has 0 aliphatic rings. The predicted molar refractivity (Wildman–Crippen MR) is 543 cm³/mol. The zero-order valence-electron chi connectivity index (χ0n) is 71.7. The van der Waals surface area contributed by atoms with E-state index in [-0.39, 0.29) is 0 Å². The van der Waals surface area contributed by atoms with Gasteiger partial charge < -0.3 is 17.8 Å². The molecule has 626 valence electrons. The van der Waals surface area contributed by atoms with Crippen molar-refractivity contribution in [2.24, 2.45) is 0 Å². The van der Waals surface area contributed by atoms with Crippen LogP contribution in [0.1, 0.15) is 0 Å². The lowest BCUT2D eigenvalue weighted by molar-refractivity contribution is 0.669. The van der Waals surface area contributed by atoms with E-state index in [2.05, 4.69) is 287 Å². The number of hydrogen-bond acceptors (Lipinski definition) is 12. The van der Waals surface area contributed by atoms with Crippen LogP contribution >= 0.6 is 0 Å². The first kappa shape index (κ1) is 76.7. The van der Waals surface area contributed by atoms with Crippen LogP contribution in [0.2, 0.25) is 0 Å². The van der Waals surface area contributed by atoms with Crippen LogP contribution in [-0.4, -0.2) is 58.6 Å². The smallest absolute Gasteiger partial charge is 0.238 e. The molecule has 0 atom stereocenters. The van der Waals surface area contributed by atoms with E-state index < -0.39 is 0 Å². The maximum Gasteiger partial charge on any atom is 0.238 e.